The normalized spacial score (nSPS) is 11.4. The molecule has 1 heterocycles. The number of carbonyl (C=O) groups excluding carboxylic acids is 1. The molecule has 0 saturated carbocycles. The van der Waals surface area contributed by atoms with Gasteiger partial charge in [-0.2, -0.15) is 13.2 Å². The van der Waals surface area contributed by atoms with Gasteiger partial charge in [-0.1, -0.05) is 29.3 Å². The summed E-state index contributed by atoms with van der Waals surface area (Å²) in [5, 5.41) is 3.34. The lowest BCUT2D eigenvalue weighted by molar-refractivity contribution is -0.141. The molecule has 0 fully saturated rings. The molecule has 23 heavy (non-hydrogen) atoms. The SMILES string of the molecule is Cc1nc(C(F)(F)F)ccc1C(=O)NCc1ccc(Cl)c(Cl)c1. The molecule has 0 atom stereocenters. The van der Waals surface area contributed by atoms with Crippen LogP contribution >= 0.6 is 23.2 Å². The van der Waals surface area contributed by atoms with Crippen LogP contribution in [0.5, 0.6) is 0 Å². The number of benzene rings is 1. The van der Waals surface area contributed by atoms with Gasteiger partial charge in [0.2, 0.25) is 0 Å². The molecule has 0 bridgehead atoms. The fourth-order valence-electron chi connectivity index (χ4n) is 1.89. The Balaban J connectivity index is 2.10. The highest BCUT2D eigenvalue weighted by Crippen LogP contribution is 2.28. The van der Waals surface area contributed by atoms with E-state index >= 15 is 0 Å². The van der Waals surface area contributed by atoms with E-state index in [1.807, 2.05) is 0 Å². The summed E-state index contributed by atoms with van der Waals surface area (Å²) in [6.45, 7) is 1.51. The second kappa shape index (κ2) is 6.76. The molecule has 1 amide bonds. The Morgan fingerprint density at radius 3 is 2.43 bits per heavy atom. The maximum Gasteiger partial charge on any atom is 0.433 e. The molecule has 0 unspecified atom stereocenters. The number of amides is 1. The first-order valence-electron chi connectivity index (χ1n) is 6.45. The average Bonchev–Trinajstić information content (AvgIpc) is 2.47. The van der Waals surface area contributed by atoms with Gasteiger partial charge in [0.05, 0.1) is 21.3 Å². The van der Waals surface area contributed by atoms with E-state index in [1.165, 1.54) is 6.92 Å². The molecule has 2 aromatic rings. The van der Waals surface area contributed by atoms with Gasteiger partial charge in [-0.3, -0.25) is 4.79 Å². The number of aromatic nitrogens is 1. The highest BCUT2D eigenvalue weighted by molar-refractivity contribution is 6.42. The van der Waals surface area contributed by atoms with Crippen LogP contribution in [0.2, 0.25) is 10.0 Å². The summed E-state index contributed by atoms with van der Waals surface area (Å²) in [6, 6.07) is 6.76. The van der Waals surface area contributed by atoms with Gasteiger partial charge in [0.1, 0.15) is 5.69 Å². The van der Waals surface area contributed by atoms with E-state index in [-0.39, 0.29) is 17.8 Å². The first kappa shape index (κ1) is 17.6. The number of pyridine rings is 1. The number of rotatable bonds is 3. The van der Waals surface area contributed by atoms with Gasteiger partial charge in [-0.15, -0.1) is 0 Å². The summed E-state index contributed by atoms with van der Waals surface area (Å²) >= 11 is 11.7. The molecule has 1 aromatic carbocycles. The van der Waals surface area contributed by atoms with Crippen LogP contribution in [0.25, 0.3) is 0 Å². The van der Waals surface area contributed by atoms with Crippen molar-refractivity contribution < 1.29 is 18.0 Å². The number of hydrogen-bond acceptors (Lipinski definition) is 2. The van der Waals surface area contributed by atoms with Crippen molar-refractivity contribution in [2.24, 2.45) is 0 Å². The predicted octanol–water partition coefficient (Wildman–Crippen LogP) is 4.65. The molecular formula is C15H11Cl2F3N2O. The predicted molar refractivity (Wildman–Crippen MR) is 81.6 cm³/mol. The molecule has 1 N–H and O–H groups in total. The zero-order valence-electron chi connectivity index (χ0n) is 11.8. The van der Waals surface area contributed by atoms with Gasteiger partial charge >= 0.3 is 6.18 Å². The van der Waals surface area contributed by atoms with Crippen molar-refractivity contribution in [2.75, 3.05) is 0 Å². The number of halogens is 5. The highest BCUT2D eigenvalue weighted by atomic mass is 35.5. The van der Waals surface area contributed by atoms with Gasteiger partial charge < -0.3 is 5.32 Å². The average molecular weight is 363 g/mol. The summed E-state index contributed by atoms with van der Waals surface area (Å²) in [5.41, 5.74) is -0.231. The van der Waals surface area contributed by atoms with E-state index in [0.717, 1.165) is 12.1 Å². The van der Waals surface area contributed by atoms with E-state index in [4.69, 9.17) is 23.2 Å². The zero-order valence-corrected chi connectivity index (χ0v) is 13.4. The summed E-state index contributed by atoms with van der Waals surface area (Å²) in [7, 11) is 0. The summed E-state index contributed by atoms with van der Waals surface area (Å²) in [5.74, 6) is -0.519. The Labute approximate surface area is 140 Å². The Bertz CT molecular complexity index is 748. The van der Waals surface area contributed by atoms with Crippen molar-refractivity contribution in [2.45, 2.75) is 19.6 Å². The third kappa shape index (κ3) is 4.36. The van der Waals surface area contributed by atoms with E-state index < -0.39 is 17.8 Å². The Kier molecular flexibility index (Phi) is 5.16. The lowest BCUT2D eigenvalue weighted by Crippen LogP contribution is -2.24. The second-order valence-electron chi connectivity index (χ2n) is 4.76. The van der Waals surface area contributed by atoms with Gasteiger partial charge in [0.25, 0.3) is 5.91 Å². The molecule has 0 aliphatic rings. The van der Waals surface area contributed by atoms with Crippen molar-refractivity contribution >= 4 is 29.1 Å². The second-order valence-corrected chi connectivity index (χ2v) is 5.57. The standard InChI is InChI=1S/C15H11Cl2F3N2O/c1-8-10(3-5-13(22-8)15(18,19)20)14(23)21-7-9-2-4-11(16)12(17)6-9/h2-6H,7H2,1H3,(H,21,23). The molecule has 0 saturated heterocycles. The Morgan fingerprint density at radius 1 is 1.17 bits per heavy atom. The fourth-order valence-corrected chi connectivity index (χ4v) is 2.21. The molecule has 8 heteroatoms. The molecule has 2 rings (SSSR count). The summed E-state index contributed by atoms with van der Waals surface area (Å²) in [6.07, 6.45) is -4.54. The minimum atomic E-state index is -4.54. The molecule has 3 nitrogen and oxygen atoms in total. The first-order chi connectivity index (χ1) is 10.7. The zero-order chi connectivity index (χ0) is 17.2. The van der Waals surface area contributed by atoms with Crippen molar-refractivity contribution in [1.82, 2.24) is 10.3 Å². The van der Waals surface area contributed by atoms with Crippen LogP contribution in [0, 0.1) is 6.92 Å². The van der Waals surface area contributed by atoms with E-state index in [1.54, 1.807) is 18.2 Å². The van der Waals surface area contributed by atoms with Crippen LogP contribution in [0.3, 0.4) is 0 Å². The Morgan fingerprint density at radius 2 is 1.87 bits per heavy atom. The van der Waals surface area contributed by atoms with Crippen molar-refractivity contribution in [3.63, 3.8) is 0 Å². The topological polar surface area (TPSA) is 42.0 Å². The number of aryl methyl sites for hydroxylation is 1. The molecule has 0 aliphatic carbocycles. The van der Waals surface area contributed by atoms with Crippen LogP contribution in [0.4, 0.5) is 13.2 Å². The Hall–Kier alpha value is -1.79. The number of alkyl halides is 3. The quantitative estimate of drug-likeness (QED) is 0.863. The van der Waals surface area contributed by atoms with Crippen molar-refractivity contribution in [3.8, 4) is 0 Å². The van der Waals surface area contributed by atoms with E-state index in [0.29, 0.717) is 15.6 Å². The maximum atomic E-state index is 12.6. The monoisotopic (exact) mass is 362 g/mol. The minimum Gasteiger partial charge on any atom is -0.348 e. The number of nitrogens with one attached hydrogen (secondary N) is 1. The van der Waals surface area contributed by atoms with Gasteiger partial charge in [0.15, 0.2) is 0 Å². The summed E-state index contributed by atoms with van der Waals surface area (Å²) < 4.78 is 37.7. The number of nitrogens with zero attached hydrogens (tertiary/aromatic N) is 1. The maximum absolute atomic E-state index is 12.6. The van der Waals surface area contributed by atoms with Crippen LogP contribution in [0.1, 0.15) is 27.3 Å². The molecule has 1 aromatic heterocycles. The lowest BCUT2D eigenvalue weighted by atomic mass is 10.1. The fraction of sp³-hybridized carbons (Fsp3) is 0.200. The lowest BCUT2D eigenvalue weighted by Gasteiger charge is -2.11. The molecule has 0 spiro atoms. The largest absolute Gasteiger partial charge is 0.433 e. The van der Waals surface area contributed by atoms with Crippen LogP contribution in [0.15, 0.2) is 30.3 Å². The molecular weight excluding hydrogens is 352 g/mol. The number of hydrogen-bond donors (Lipinski definition) is 1. The van der Waals surface area contributed by atoms with Crippen LogP contribution in [-0.4, -0.2) is 10.9 Å². The number of carbonyl (C=O) groups is 1. The molecule has 122 valence electrons. The third-order valence-corrected chi connectivity index (χ3v) is 3.80. The van der Waals surface area contributed by atoms with Crippen molar-refractivity contribution in [3.05, 3.63) is 62.9 Å². The molecule has 0 radical (unpaired) electrons. The van der Waals surface area contributed by atoms with Crippen LogP contribution in [-0.2, 0) is 12.7 Å². The van der Waals surface area contributed by atoms with Gasteiger partial charge in [0, 0.05) is 6.54 Å². The van der Waals surface area contributed by atoms with Gasteiger partial charge in [-0.05, 0) is 36.8 Å². The van der Waals surface area contributed by atoms with Crippen molar-refractivity contribution in [1.29, 1.82) is 0 Å². The van der Waals surface area contributed by atoms with Gasteiger partial charge in [-0.25, -0.2) is 4.98 Å². The minimum absolute atomic E-state index is 0.00598. The third-order valence-electron chi connectivity index (χ3n) is 3.06. The summed E-state index contributed by atoms with van der Waals surface area (Å²) in [4.78, 5) is 15.5. The molecule has 0 aliphatic heterocycles. The first-order valence-corrected chi connectivity index (χ1v) is 7.21. The van der Waals surface area contributed by atoms with E-state index in [9.17, 15) is 18.0 Å². The highest BCUT2D eigenvalue weighted by Gasteiger charge is 2.33. The van der Waals surface area contributed by atoms with E-state index in [2.05, 4.69) is 10.3 Å². The smallest absolute Gasteiger partial charge is 0.348 e. The van der Waals surface area contributed by atoms with Crippen LogP contribution < -0.4 is 5.32 Å².